The molecule has 0 atom stereocenters. The zero-order valence-electron chi connectivity index (χ0n) is 16.8. The fourth-order valence-corrected chi connectivity index (χ4v) is 3.24. The molecule has 3 aromatic carbocycles. The highest BCUT2D eigenvalue weighted by Crippen LogP contribution is 2.26. The van der Waals surface area contributed by atoms with Crippen molar-refractivity contribution in [3.05, 3.63) is 114 Å². The highest BCUT2D eigenvalue weighted by atomic mass is 16.5. The molecule has 5 heteroatoms. The maximum atomic E-state index is 13.1. The molecule has 0 aliphatic rings. The van der Waals surface area contributed by atoms with E-state index in [1.54, 1.807) is 24.2 Å². The van der Waals surface area contributed by atoms with Crippen LogP contribution in [0.2, 0.25) is 0 Å². The molecule has 5 nitrogen and oxygen atoms in total. The van der Waals surface area contributed by atoms with Gasteiger partial charge in [0.25, 0.3) is 5.91 Å². The lowest BCUT2D eigenvalue weighted by atomic mass is 10.1. The molecule has 150 valence electrons. The molecule has 0 bridgehead atoms. The van der Waals surface area contributed by atoms with Crippen molar-refractivity contribution in [2.45, 2.75) is 13.1 Å². The van der Waals surface area contributed by atoms with Gasteiger partial charge < -0.3 is 9.64 Å². The summed E-state index contributed by atoms with van der Waals surface area (Å²) in [5, 5.41) is 4.42. The van der Waals surface area contributed by atoms with E-state index in [9.17, 15) is 4.79 Å². The molecule has 0 aliphatic carbocycles. The van der Waals surface area contributed by atoms with E-state index in [2.05, 4.69) is 17.2 Å². The minimum atomic E-state index is -0.0997. The number of carbonyl (C=O) groups excluding carboxylic acids is 1. The fourth-order valence-electron chi connectivity index (χ4n) is 3.24. The Hall–Kier alpha value is -3.86. The third-order valence-electron chi connectivity index (χ3n) is 4.73. The largest absolute Gasteiger partial charge is 0.457 e. The lowest BCUT2D eigenvalue weighted by Gasteiger charge is -2.18. The Kier molecular flexibility index (Phi) is 5.90. The quantitative estimate of drug-likeness (QED) is 0.441. The van der Waals surface area contributed by atoms with Crippen LogP contribution in [-0.4, -0.2) is 27.6 Å². The first-order valence-electron chi connectivity index (χ1n) is 9.82. The summed E-state index contributed by atoms with van der Waals surface area (Å²) in [5.74, 6) is 1.14. The van der Waals surface area contributed by atoms with E-state index >= 15 is 0 Å². The molecule has 1 amide bonds. The van der Waals surface area contributed by atoms with Crippen LogP contribution in [0.25, 0.3) is 0 Å². The van der Waals surface area contributed by atoms with Gasteiger partial charge in [0.1, 0.15) is 11.5 Å². The molecular weight excluding hydrogens is 374 g/mol. The monoisotopic (exact) mass is 397 g/mol. The number of amides is 1. The Morgan fingerprint density at radius 1 is 0.900 bits per heavy atom. The van der Waals surface area contributed by atoms with E-state index in [1.165, 1.54) is 5.56 Å². The third-order valence-corrected chi connectivity index (χ3v) is 4.73. The summed E-state index contributed by atoms with van der Waals surface area (Å²) in [6.07, 6.45) is 3.78. The van der Waals surface area contributed by atoms with E-state index in [-0.39, 0.29) is 5.91 Å². The first-order valence-corrected chi connectivity index (χ1v) is 9.82. The SMILES string of the molecule is CN(Cc1cnn(Cc2ccccc2)c1)C(=O)c1ccccc1Oc1ccccc1. The van der Waals surface area contributed by atoms with Crippen molar-refractivity contribution < 1.29 is 9.53 Å². The van der Waals surface area contributed by atoms with Gasteiger partial charge in [-0.25, -0.2) is 0 Å². The number of aromatic nitrogens is 2. The van der Waals surface area contributed by atoms with Crippen molar-refractivity contribution in [3.8, 4) is 11.5 Å². The molecule has 0 N–H and O–H groups in total. The zero-order valence-corrected chi connectivity index (χ0v) is 16.8. The van der Waals surface area contributed by atoms with E-state index in [4.69, 9.17) is 4.74 Å². The van der Waals surface area contributed by atoms with E-state index < -0.39 is 0 Å². The van der Waals surface area contributed by atoms with Gasteiger partial charge in [0, 0.05) is 25.4 Å². The van der Waals surface area contributed by atoms with Crippen LogP contribution in [0.3, 0.4) is 0 Å². The fraction of sp³-hybridized carbons (Fsp3) is 0.120. The standard InChI is InChI=1S/C25H23N3O2/c1-27(17-21-16-26-28(19-21)18-20-10-4-2-5-11-20)25(29)23-14-8-9-15-24(23)30-22-12-6-3-7-13-22/h2-16,19H,17-18H2,1H3. The second-order valence-electron chi connectivity index (χ2n) is 7.10. The first-order chi connectivity index (χ1) is 14.7. The summed E-state index contributed by atoms with van der Waals surface area (Å²) in [5.41, 5.74) is 2.69. The van der Waals surface area contributed by atoms with Crippen LogP contribution in [0.5, 0.6) is 11.5 Å². The topological polar surface area (TPSA) is 47.4 Å². The van der Waals surface area contributed by atoms with Gasteiger partial charge in [0.2, 0.25) is 0 Å². The number of nitrogens with zero attached hydrogens (tertiary/aromatic N) is 3. The average molecular weight is 397 g/mol. The second kappa shape index (κ2) is 9.09. The molecule has 0 saturated carbocycles. The van der Waals surface area contributed by atoms with Gasteiger partial charge in [-0.05, 0) is 29.8 Å². The average Bonchev–Trinajstić information content (AvgIpc) is 3.21. The number of hydrogen-bond donors (Lipinski definition) is 0. The van der Waals surface area contributed by atoms with Crippen molar-refractivity contribution >= 4 is 5.91 Å². The minimum Gasteiger partial charge on any atom is -0.457 e. The van der Waals surface area contributed by atoms with Crippen molar-refractivity contribution in [3.63, 3.8) is 0 Å². The molecule has 30 heavy (non-hydrogen) atoms. The van der Waals surface area contributed by atoms with E-state index in [0.29, 0.717) is 30.2 Å². The highest BCUT2D eigenvalue weighted by molar-refractivity contribution is 5.96. The number of para-hydroxylation sites is 2. The summed E-state index contributed by atoms with van der Waals surface area (Å²) in [7, 11) is 1.79. The molecule has 0 fully saturated rings. The van der Waals surface area contributed by atoms with Crippen LogP contribution < -0.4 is 4.74 Å². The van der Waals surface area contributed by atoms with Crippen LogP contribution in [0.1, 0.15) is 21.5 Å². The first kappa shape index (κ1) is 19.5. The summed E-state index contributed by atoms with van der Waals surface area (Å²) in [6.45, 7) is 1.17. The predicted octanol–water partition coefficient (Wildman–Crippen LogP) is 5.00. The van der Waals surface area contributed by atoms with Crippen LogP contribution in [0.15, 0.2) is 97.3 Å². The molecule has 1 heterocycles. The summed E-state index contributed by atoms with van der Waals surface area (Å²) in [4.78, 5) is 14.8. The maximum absolute atomic E-state index is 13.1. The third kappa shape index (κ3) is 4.75. The maximum Gasteiger partial charge on any atom is 0.257 e. The molecular formula is C25H23N3O2. The molecule has 0 spiro atoms. The van der Waals surface area contributed by atoms with Crippen molar-refractivity contribution in [1.29, 1.82) is 0 Å². The number of ether oxygens (including phenoxy) is 1. The number of benzene rings is 3. The molecule has 4 rings (SSSR count). The van der Waals surface area contributed by atoms with E-state index in [1.807, 2.05) is 77.6 Å². The Balaban J connectivity index is 1.44. The van der Waals surface area contributed by atoms with Gasteiger partial charge in [-0.2, -0.15) is 5.10 Å². The van der Waals surface area contributed by atoms with Gasteiger partial charge in [-0.15, -0.1) is 0 Å². The number of rotatable bonds is 7. The molecule has 4 aromatic rings. The Bertz CT molecular complexity index is 1110. The Labute approximate surface area is 176 Å². The van der Waals surface area contributed by atoms with Crippen molar-refractivity contribution in [1.82, 2.24) is 14.7 Å². The molecule has 0 saturated heterocycles. The lowest BCUT2D eigenvalue weighted by Crippen LogP contribution is -2.26. The highest BCUT2D eigenvalue weighted by Gasteiger charge is 2.18. The Morgan fingerprint density at radius 2 is 1.57 bits per heavy atom. The van der Waals surface area contributed by atoms with E-state index in [0.717, 1.165) is 5.56 Å². The zero-order chi connectivity index (χ0) is 20.8. The summed E-state index contributed by atoms with van der Waals surface area (Å²) in [6, 6.07) is 26.9. The van der Waals surface area contributed by atoms with Crippen molar-refractivity contribution in [2.75, 3.05) is 7.05 Å². The smallest absolute Gasteiger partial charge is 0.257 e. The molecule has 0 aliphatic heterocycles. The molecule has 0 unspecified atom stereocenters. The van der Waals surface area contributed by atoms with Gasteiger partial charge in [0.05, 0.1) is 18.3 Å². The summed E-state index contributed by atoms with van der Waals surface area (Å²) < 4.78 is 7.82. The molecule has 1 aromatic heterocycles. The number of carbonyl (C=O) groups is 1. The van der Waals surface area contributed by atoms with Gasteiger partial charge in [0.15, 0.2) is 0 Å². The van der Waals surface area contributed by atoms with Crippen molar-refractivity contribution in [2.24, 2.45) is 0 Å². The number of hydrogen-bond acceptors (Lipinski definition) is 3. The van der Waals surface area contributed by atoms with Gasteiger partial charge in [-0.3, -0.25) is 9.48 Å². The van der Waals surface area contributed by atoms with Crippen LogP contribution in [0, 0.1) is 0 Å². The summed E-state index contributed by atoms with van der Waals surface area (Å²) >= 11 is 0. The normalized spacial score (nSPS) is 10.6. The second-order valence-corrected chi connectivity index (χ2v) is 7.10. The predicted molar refractivity (Wildman–Crippen MR) is 117 cm³/mol. The van der Waals surface area contributed by atoms with Crippen LogP contribution in [-0.2, 0) is 13.1 Å². The minimum absolute atomic E-state index is 0.0997. The lowest BCUT2D eigenvalue weighted by molar-refractivity contribution is 0.0782. The van der Waals surface area contributed by atoms with Crippen LogP contribution >= 0.6 is 0 Å². The van der Waals surface area contributed by atoms with Gasteiger partial charge in [-0.1, -0.05) is 60.7 Å². The Morgan fingerprint density at radius 3 is 2.33 bits per heavy atom. The van der Waals surface area contributed by atoms with Gasteiger partial charge >= 0.3 is 0 Å². The molecule has 0 radical (unpaired) electrons. The van der Waals surface area contributed by atoms with Crippen LogP contribution in [0.4, 0.5) is 0 Å².